The van der Waals surface area contributed by atoms with Crippen LogP contribution in [0.5, 0.6) is 0 Å². The number of benzene rings is 1. The van der Waals surface area contributed by atoms with Gasteiger partial charge in [0.1, 0.15) is 6.26 Å². The lowest BCUT2D eigenvalue weighted by Crippen LogP contribution is -2.12. The number of aliphatic hydroxyl groups excluding tert-OH is 1. The summed E-state index contributed by atoms with van der Waals surface area (Å²) >= 11 is 0. The molecule has 98 valence electrons. The van der Waals surface area contributed by atoms with E-state index in [4.69, 9.17) is 5.11 Å². The van der Waals surface area contributed by atoms with Crippen molar-refractivity contribution >= 4 is 11.6 Å². The van der Waals surface area contributed by atoms with E-state index >= 15 is 0 Å². The largest absolute Gasteiger partial charge is 0.430 e. The highest BCUT2D eigenvalue weighted by Gasteiger charge is 2.06. The molecule has 0 unspecified atom stereocenters. The minimum absolute atomic E-state index is 0.0920. The monoisotopic (exact) mass is 259 g/mol. The Morgan fingerprint density at radius 1 is 1.16 bits per heavy atom. The van der Waals surface area contributed by atoms with Crippen molar-refractivity contribution in [1.82, 2.24) is 0 Å². The SMILES string of the molecule is O=C(Nc1ccc(CCO)cc1)c1ccc(=O)oc1. The first-order chi connectivity index (χ1) is 9.19. The Balaban J connectivity index is 2.06. The van der Waals surface area contributed by atoms with Gasteiger partial charge in [-0.3, -0.25) is 4.79 Å². The third-order valence-corrected chi connectivity index (χ3v) is 2.58. The van der Waals surface area contributed by atoms with Crippen LogP contribution in [0.2, 0.25) is 0 Å². The van der Waals surface area contributed by atoms with Crippen LogP contribution < -0.4 is 10.9 Å². The molecule has 1 heterocycles. The molecule has 0 atom stereocenters. The van der Waals surface area contributed by atoms with Gasteiger partial charge in [-0.25, -0.2) is 4.79 Å². The summed E-state index contributed by atoms with van der Waals surface area (Å²) in [7, 11) is 0. The number of carbonyl (C=O) groups excluding carboxylic acids is 1. The van der Waals surface area contributed by atoms with E-state index in [1.807, 2.05) is 12.1 Å². The molecule has 0 saturated carbocycles. The molecule has 0 saturated heterocycles. The molecule has 0 radical (unpaired) electrons. The van der Waals surface area contributed by atoms with Gasteiger partial charge in [-0.2, -0.15) is 0 Å². The van der Waals surface area contributed by atoms with E-state index in [1.54, 1.807) is 12.1 Å². The van der Waals surface area contributed by atoms with Crippen LogP contribution in [0.1, 0.15) is 15.9 Å². The Kier molecular flexibility index (Phi) is 4.10. The molecule has 0 bridgehead atoms. The second kappa shape index (κ2) is 5.97. The first-order valence-electron chi connectivity index (χ1n) is 5.79. The maximum atomic E-state index is 11.8. The molecule has 0 aliphatic carbocycles. The van der Waals surface area contributed by atoms with Crippen molar-refractivity contribution < 1.29 is 14.3 Å². The predicted octanol–water partition coefficient (Wildman–Crippen LogP) is 1.43. The average molecular weight is 259 g/mol. The lowest BCUT2D eigenvalue weighted by atomic mass is 10.1. The van der Waals surface area contributed by atoms with Gasteiger partial charge in [0.05, 0.1) is 5.56 Å². The summed E-state index contributed by atoms with van der Waals surface area (Å²) in [5.41, 5.74) is 1.41. The summed E-state index contributed by atoms with van der Waals surface area (Å²) in [4.78, 5) is 22.6. The first-order valence-corrected chi connectivity index (χ1v) is 5.79. The van der Waals surface area contributed by atoms with Crippen LogP contribution in [-0.2, 0) is 6.42 Å². The molecule has 0 spiro atoms. The molecule has 0 fully saturated rings. The summed E-state index contributed by atoms with van der Waals surface area (Å²) < 4.78 is 4.62. The van der Waals surface area contributed by atoms with Gasteiger partial charge in [-0.05, 0) is 30.2 Å². The maximum Gasteiger partial charge on any atom is 0.335 e. The van der Waals surface area contributed by atoms with E-state index in [9.17, 15) is 9.59 Å². The highest BCUT2D eigenvalue weighted by atomic mass is 16.4. The van der Waals surface area contributed by atoms with Crippen molar-refractivity contribution in [1.29, 1.82) is 0 Å². The fraction of sp³-hybridized carbons (Fsp3) is 0.143. The number of hydrogen-bond donors (Lipinski definition) is 2. The Morgan fingerprint density at radius 2 is 1.89 bits per heavy atom. The number of hydrogen-bond acceptors (Lipinski definition) is 4. The van der Waals surface area contributed by atoms with Crippen molar-refractivity contribution in [3.8, 4) is 0 Å². The lowest BCUT2D eigenvalue weighted by Gasteiger charge is -2.05. The quantitative estimate of drug-likeness (QED) is 0.870. The van der Waals surface area contributed by atoms with Gasteiger partial charge in [0, 0.05) is 18.4 Å². The van der Waals surface area contributed by atoms with Crippen LogP contribution in [0.4, 0.5) is 5.69 Å². The number of rotatable bonds is 4. The number of anilines is 1. The van der Waals surface area contributed by atoms with Crippen LogP contribution >= 0.6 is 0 Å². The predicted molar refractivity (Wildman–Crippen MR) is 70.2 cm³/mol. The topological polar surface area (TPSA) is 79.5 Å². The van der Waals surface area contributed by atoms with Crippen molar-refractivity contribution in [2.24, 2.45) is 0 Å². The van der Waals surface area contributed by atoms with Crippen molar-refractivity contribution in [2.45, 2.75) is 6.42 Å². The van der Waals surface area contributed by atoms with Gasteiger partial charge in [-0.1, -0.05) is 12.1 Å². The second-order valence-electron chi connectivity index (χ2n) is 3.97. The van der Waals surface area contributed by atoms with Crippen LogP contribution in [0.3, 0.4) is 0 Å². The van der Waals surface area contributed by atoms with Crippen molar-refractivity contribution in [3.63, 3.8) is 0 Å². The summed E-state index contributed by atoms with van der Waals surface area (Å²) in [6.07, 6.45) is 1.70. The normalized spacial score (nSPS) is 10.2. The van der Waals surface area contributed by atoms with Gasteiger partial charge in [0.15, 0.2) is 0 Å². The number of aliphatic hydroxyl groups is 1. The Bertz CT molecular complexity index is 596. The Morgan fingerprint density at radius 3 is 2.47 bits per heavy atom. The summed E-state index contributed by atoms with van der Waals surface area (Å²) in [6.45, 7) is 0.0920. The van der Waals surface area contributed by atoms with Crippen LogP contribution in [-0.4, -0.2) is 17.6 Å². The fourth-order valence-corrected chi connectivity index (χ4v) is 1.57. The van der Waals surface area contributed by atoms with E-state index in [0.717, 1.165) is 11.8 Å². The van der Waals surface area contributed by atoms with Crippen LogP contribution in [0, 0.1) is 0 Å². The molecule has 19 heavy (non-hydrogen) atoms. The van der Waals surface area contributed by atoms with Gasteiger partial charge in [0.25, 0.3) is 5.91 Å². The van der Waals surface area contributed by atoms with Crippen LogP contribution in [0.25, 0.3) is 0 Å². The number of amides is 1. The van der Waals surface area contributed by atoms with E-state index in [2.05, 4.69) is 9.73 Å². The molecule has 2 rings (SSSR count). The zero-order valence-electron chi connectivity index (χ0n) is 10.1. The molecule has 5 heteroatoms. The third kappa shape index (κ3) is 3.53. The molecular weight excluding hydrogens is 246 g/mol. The number of nitrogens with one attached hydrogen (secondary N) is 1. The van der Waals surface area contributed by atoms with E-state index < -0.39 is 5.63 Å². The highest BCUT2D eigenvalue weighted by Crippen LogP contribution is 2.11. The smallest absolute Gasteiger partial charge is 0.335 e. The second-order valence-corrected chi connectivity index (χ2v) is 3.97. The molecule has 2 N–H and O–H groups in total. The fourth-order valence-electron chi connectivity index (χ4n) is 1.57. The Labute approximate surface area is 109 Å². The van der Waals surface area contributed by atoms with Gasteiger partial charge in [-0.15, -0.1) is 0 Å². The zero-order valence-corrected chi connectivity index (χ0v) is 10.1. The lowest BCUT2D eigenvalue weighted by molar-refractivity contribution is 0.102. The average Bonchev–Trinajstić information content (AvgIpc) is 2.42. The van der Waals surface area contributed by atoms with Gasteiger partial charge < -0.3 is 14.8 Å². The minimum Gasteiger partial charge on any atom is -0.430 e. The molecule has 1 aromatic heterocycles. The highest BCUT2D eigenvalue weighted by molar-refractivity contribution is 6.03. The Hall–Kier alpha value is -2.40. The van der Waals surface area contributed by atoms with E-state index in [-0.39, 0.29) is 18.1 Å². The minimum atomic E-state index is -0.495. The molecular formula is C14H13NO4. The third-order valence-electron chi connectivity index (χ3n) is 2.58. The zero-order chi connectivity index (χ0) is 13.7. The summed E-state index contributed by atoms with van der Waals surface area (Å²) in [5.74, 6) is -0.348. The maximum absolute atomic E-state index is 11.8. The molecule has 0 aliphatic rings. The van der Waals surface area contributed by atoms with Crippen molar-refractivity contribution in [2.75, 3.05) is 11.9 Å². The standard InChI is InChI=1S/C14H13NO4/c16-8-7-10-1-4-12(5-2-10)15-14(18)11-3-6-13(17)19-9-11/h1-6,9,16H,7-8H2,(H,15,18). The molecule has 2 aromatic rings. The summed E-state index contributed by atoms with van der Waals surface area (Å²) in [6, 6.07) is 9.76. The molecule has 5 nitrogen and oxygen atoms in total. The van der Waals surface area contributed by atoms with Crippen LogP contribution in [0.15, 0.2) is 51.9 Å². The van der Waals surface area contributed by atoms with Gasteiger partial charge in [0.2, 0.25) is 0 Å². The van der Waals surface area contributed by atoms with Gasteiger partial charge >= 0.3 is 5.63 Å². The molecule has 0 aliphatic heterocycles. The summed E-state index contributed by atoms with van der Waals surface area (Å²) in [5, 5.41) is 11.5. The molecule has 1 amide bonds. The van der Waals surface area contributed by atoms with E-state index in [1.165, 1.54) is 12.1 Å². The first kappa shape index (κ1) is 13.0. The number of carbonyl (C=O) groups is 1. The van der Waals surface area contributed by atoms with Crippen molar-refractivity contribution in [3.05, 3.63) is 64.2 Å². The van der Waals surface area contributed by atoms with E-state index in [0.29, 0.717) is 12.1 Å². The molecule has 1 aromatic carbocycles.